The van der Waals surface area contributed by atoms with E-state index in [4.69, 9.17) is 5.73 Å². The van der Waals surface area contributed by atoms with Crippen LogP contribution in [0.2, 0.25) is 0 Å². The van der Waals surface area contributed by atoms with Gasteiger partial charge in [-0.25, -0.2) is 0 Å². The van der Waals surface area contributed by atoms with Gasteiger partial charge in [0.05, 0.1) is 5.52 Å². The number of benzene rings is 1. The molecule has 0 saturated heterocycles. The molecule has 1 fully saturated rings. The second-order valence-corrected chi connectivity index (χ2v) is 6.19. The fraction of sp³-hybridized carbons (Fsp3) is 0.500. The Balaban J connectivity index is 1.88. The third-order valence-electron chi connectivity index (χ3n) is 4.77. The summed E-state index contributed by atoms with van der Waals surface area (Å²) in [4.78, 5) is 4.48. The van der Waals surface area contributed by atoms with E-state index in [0.717, 1.165) is 17.9 Å². The minimum absolute atomic E-state index is 0.310. The molecule has 0 amide bonds. The Morgan fingerprint density at radius 3 is 3.00 bits per heavy atom. The second kappa shape index (κ2) is 5.92. The first-order valence-electron chi connectivity index (χ1n) is 7.88. The summed E-state index contributed by atoms with van der Waals surface area (Å²) in [5, 5.41) is 1.21. The van der Waals surface area contributed by atoms with E-state index in [1.165, 1.54) is 36.6 Å². The molecule has 1 aliphatic rings. The summed E-state index contributed by atoms with van der Waals surface area (Å²) < 4.78 is 0. The highest BCUT2D eigenvalue weighted by Gasteiger charge is 2.28. The third kappa shape index (κ3) is 2.71. The predicted octanol–water partition coefficient (Wildman–Crippen LogP) is 4.25. The maximum atomic E-state index is 6.39. The molecule has 2 nitrogen and oxygen atoms in total. The molecule has 0 spiro atoms. The number of aromatic nitrogens is 1. The van der Waals surface area contributed by atoms with Gasteiger partial charge in [-0.3, -0.25) is 4.98 Å². The first kappa shape index (κ1) is 13.6. The van der Waals surface area contributed by atoms with Crippen LogP contribution in [0.1, 0.15) is 50.5 Å². The fourth-order valence-electron chi connectivity index (χ4n) is 3.65. The maximum Gasteiger partial charge on any atom is 0.0704 e. The second-order valence-electron chi connectivity index (χ2n) is 6.19. The Bertz CT molecular complexity index is 578. The first-order chi connectivity index (χ1) is 9.78. The lowest BCUT2D eigenvalue weighted by molar-refractivity contribution is 0.274. The van der Waals surface area contributed by atoms with Gasteiger partial charge in [-0.2, -0.15) is 0 Å². The Morgan fingerprint density at radius 1 is 1.25 bits per heavy atom. The van der Waals surface area contributed by atoms with Crippen LogP contribution in [0, 0.1) is 5.92 Å². The van der Waals surface area contributed by atoms with E-state index < -0.39 is 0 Å². The molecular weight excluding hydrogens is 244 g/mol. The van der Waals surface area contributed by atoms with Gasteiger partial charge < -0.3 is 5.73 Å². The van der Waals surface area contributed by atoms with Crippen LogP contribution in [0.5, 0.6) is 0 Å². The van der Waals surface area contributed by atoms with E-state index in [0.29, 0.717) is 12.0 Å². The van der Waals surface area contributed by atoms with Gasteiger partial charge in [0, 0.05) is 17.6 Å². The van der Waals surface area contributed by atoms with Crippen LogP contribution >= 0.6 is 0 Å². The van der Waals surface area contributed by atoms with Crippen molar-refractivity contribution in [3.8, 4) is 0 Å². The molecule has 2 aromatic rings. The van der Waals surface area contributed by atoms with Crippen molar-refractivity contribution in [2.24, 2.45) is 11.7 Å². The minimum Gasteiger partial charge on any atom is -0.327 e. The summed E-state index contributed by atoms with van der Waals surface area (Å²) >= 11 is 0. The van der Waals surface area contributed by atoms with Crippen LogP contribution in [-0.2, 0) is 0 Å². The van der Waals surface area contributed by atoms with Crippen LogP contribution in [0.15, 0.2) is 36.5 Å². The largest absolute Gasteiger partial charge is 0.327 e. The lowest BCUT2D eigenvalue weighted by atomic mass is 9.73. The number of hydrogen-bond donors (Lipinski definition) is 1. The number of fused-ring (bicyclic) bond motifs is 1. The standard InChI is InChI=1S/C18H24N2/c1-2-4-13-6-9-17(19)16(11-13)15-8-7-14-5-3-10-20-18(14)12-15/h3,5,7-8,10,12-13,16-17H,2,4,6,9,11,19H2,1H3. The van der Waals surface area contributed by atoms with Crippen molar-refractivity contribution >= 4 is 10.9 Å². The predicted molar refractivity (Wildman–Crippen MR) is 84.7 cm³/mol. The van der Waals surface area contributed by atoms with Gasteiger partial charge in [-0.1, -0.05) is 38.0 Å². The topological polar surface area (TPSA) is 38.9 Å². The van der Waals surface area contributed by atoms with Gasteiger partial charge in [-0.15, -0.1) is 0 Å². The van der Waals surface area contributed by atoms with E-state index in [2.05, 4.69) is 36.2 Å². The Hall–Kier alpha value is -1.41. The summed E-state index contributed by atoms with van der Waals surface area (Å²) in [5.41, 5.74) is 8.86. The number of hydrogen-bond acceptors (Lipinski definition) is 2. The SMILES string of the molecule is CCCC1CCC(N)C(c2ccc3cccnc3c2)C1. The van der Waals surface area contributed by atoms with Crippen molar-refractivity contribution in [3.63, 3.8) is 0 Å². The summed E-state index contributed by atoms with van der Waals surface area (Å²) in [6, 6.07) is 11.1. The van der Waals surface area contributed by atoms with Crippen LogP contribution < -0.4 is 5.73 Å². The molecule has 3 atom stereocenters. The molecule has 3 rings (SSSR count). The van der Waals surface area contributed by atoms with Crippen molar-refractivity contribution in [2.75, 3.05) is 0 Å². The highest BCUT2D eigenvalue weighted by atomic mass is 14.7. The highest BCUT2D eigenvalue weighted by molar-refractivity contribution is 5.79. The van der Waals surface area contributed by atoms with E-state index in [9.17, 15) is 0 Å². The van der Waals surface area contributed by atoms with Gasteiger partial charge in [0.15, 0.2) is 0 Å². The molecule has 0 bridgehead atoms. The average molecular weight is 268 g/mol. The fourth-order valence-corrected chi connectivity index (χ4v) is 3.65. The van der Waals surface area contributed by atoms with Crippen LogP contribution in [-0.4, -0.2) is 11.0 Å². The highest BCUT2D eigenvalue weighted by Crippen LogP contribution is 2.38. The van der Waals surface area contributed by atoms with Crippen molar-refractivity contribution in [3.05, 3.63) is 42.1 Å². The molecule has 1 saturated carbocycles. The number of rotatable bonds is 3. The van der Waals surface area contributed by atoms with Gasteiger partial charge in [0.1, 0.15) is 0 Å². The molecule has 2 heteroatoms. The molecule has 1 heterocycles. The number of pyridine rings is 1. The van der Waals surface area contributed by atoms with Crippen LogP contribution in [0.4, 0.5) is 0 Å². The Morgan fingerprint density at radius 2 is 2.15 bits per heavy atom. The molecule has 0 radical (unpaired) electrons. The smallest absolute Gasteiger partial charge is 0.0704 e. The molecular formula is C18H24N2. The van der Waals surface area contributed by atoms with Gasteiger partial charge in [-0.05, 0) is 48.8 Å². The lowest BCUT2D eigenvalue weighted by Gasteiger charge is -2.34. The molecule has 3 unspecified atom stereocenters. The summed E-state index contributed by atoms with van der Waals surface area (Å²) in [7, 11) is 0. The van der Waals surface area contributed by atoms with Crippen LogP contribution in [0.3, 0.4) is 0 Å². The van der Waals surface area contributed by atoms with E-state index >= 15 is 0 Å². The van der Waals surface area contributed by atoms with Gasteiger partial charge in [0.2, 0.25) is 0 Å². The van der Waals surface area contributed by atoms with E-state index in [1.807, 2.05) is 12.3 Å². The zero-order valence-electron chi connectivity index (χ0n) is 12.3. The van der Waals surface area contributed by atoms with Crippen molar-refractivity contribution < 1.29 is 0 Å². The van der Waals surface area contributed by atoms with E-state index in [1.54, 1.807) is 0 Å². The maximum absolute atomic E-state index is 6.39. The van der Waals surface area contributed by atoms with Crippen molar-refractivity contribution in [1.29, 1.82) is 0 Å². The summed E-state index contributed by atoms with van der Waals surface area (Å²) in [6.07, 6.45) is 8.20. The van der Waals surface area contributed by atoms with Crippen LogP contribution in [0.25, 0.3) is 10.9 Å². The number of nitrogens with two attached hydrogens (primary N) is 1. The quantitative estimate of drug-likeness (QED) is 0.904. The Labute approximate surface area is 121 Å². The molecule has 20 heavy (non-hydrogen) atoms. The molecule has 0 aliphatic heterocycles. The van der Waals surface area contributed by atoms with Gasteiger partial charge >= 0.3 is 0 Å². The molecule has 1 aromatic carbocycles. The molecule has 1 aromatic heterocycles. The molecule has 106 valence electrons. The zero-order valence-corrected chi connectivity index (χ0v) is 12.3. The van der Waals surface area contributed by atoms with Crippen molar-refractivity contribution in [2.45, 2.75) is 51.0 Å². The lowest BCUT2D eigenvalue weighted by Crippen LogP contribution is -2.34. The zero-order chi connectivity index (χ0) is 13.9. The average Bonchev–Trinajstić information content (AvgIpc) is 2.49. The summed E-state index contributed by atoms with van der Waals surface area (Å²) in [5.74, 6) is 1.36. The van der Waals surface area contributed by atoms with Crippen molar-refractivity contribution in [1.82, 2.24) is 4.98 Å². The van der Waals surface area contributed by atoms with E-state index in [-0.39, 0.29) is 0 Å². The normalized spacial score (nSPS) is 26.8. The monoisotopic (exact) mass is 268 g/mol. The van der Waals surface area contributed by atoms with Gasteiger partial charge in [0.25, 0.3) is 0 Å². The molecule has 1 aliphatic carbocycles. The summed E-state index contributed by atoms with van der Waals surface area (Å²) in [6.45, 7) is 2.28. The number of nitrogens with zero attached hydrogens (tertiary/aromatic N) is 1. The molecule has 2 N–H and O–H groups in total. The first-order valence-corrected chi connectivity index (χ1v) is 7.88. The Kier molecular flexibility index (Phi) is 4.02. The third-order valence-corrected chi connectivity index (χ3v) is 4.77. The minimum atomic E-state index is 0.310.